The Kier molecular flexibility index (Phi) is 4.60. The zero-order chi connectivity index (χ0) is 13.0. The molecule has 3 N–H and O–H groups in total. The fourth-order valence-corrected chi connectivity index (χ4v) is 2.43. The Morgan fingerprint density at radius 3 is 3.00 bits per heavy atom. The molecule has 0 saturated carbocycles. The number of hydrogen-bond acceptors (Lipinski definition) is 3. The van der Waals surface area contributed by atoms with Crippen LogP contribution in [0.2, 0.25) is 0 Å². The monoisotopic (exact) mass is 312 g/mol. The molecule has 1 amide bonds. The minimum Gasteiger partial charge on any atom is -0.398 e. The molecule has 0 radical (unpaired) electrons. The van der Waals surface area contributed by atoms with Crippen molar-refractivity contribution in [3.05, 3.63) is 28.2 Å². The van der Waals surface area contributed by atoms with Gasteiger partial charge in [0.2, 0.25) is 0 Å². The third-order valence-electron chi connectivity index (χ3n) is 3.05. The zero-order valence-electron chi connectivity index (χ0n) is 10.1. The lowest BCUT2D eigenvalue weighted by atomic mass is 10.1. The first kappa shape index (κ1) is 13.4. The maximum absolute atomic E-state index is 12.1. The lowest BCUT2D eigenvalue weighted by molar-refractivity contribution is 0.0930. The highest BCUT2D eigenvalue weighted by molar-refractivity contribution is 9.10. The minimum absolute atomic E-state index is 0.105. The highest BCUT2D eigenvalue weighted by Gasteiger charge is 2.17. The summed E-state index contributed by atoms with van der Waals surface area (Å²) in [5, 5.41) is 3.02. The third kappa shape index (κ3) is 3.46. The van der Waals surface area contributed by atoms with Crippen molar-refractivity contribution in [3.63, 3.8) is 0 Å². The fraction of sp³-hybridized carbons (Fsp3) is 0.462. The molecule has 0 spiro atoms. The Hall–Kier alpha value is -1.07. The lowest BCUT2D eigenvalue weighted by Crippen LogP contribution is -2.35. The van der Waals surface area contributed by atoms with E-state index in [1.54, 1.807) is 12.1 Å². The number of hydrogen-bond donors (Lipinski definition) is 2. The molecule has 1 aromatic carbocycles. The molecule has 4 nitrogen and oxygen atoms in total. The molecule has 1 atom stereocenters. The summed E-state index contributed by atoms with van der Waals surface area (Å²) in [6.07, 6.45) is 2.81. The number of ether oxygens (including phenoxy) is 1. The maximum Gasteiger partial charge on any atom is 0.253 e. The summed E-state index contributed by atoms with van der Waals surface area (Å²) in [7, 11) is 0. The van der Waals surface area contributed by atoms with Gasteiger partial charge in [-0.2, -0.15) is 0 Å². The van der Waals surface area contributed by atoms with Crippen molar-refractivity contribution in [2.24, 2.45) is 0 Å². The number of nitrogen functional groups attached to an aromatic ring is 1. The summed E-state index contributed by atoms with van der Waals surface area (Å²) in [5.41, 5.74) is 6.87. The van der Waals surface area contributed by atoms with Crippen LogP contribution in [0.25, 0.3) is 0 Å². The molecule has 18 heavy (non-hydrogen) atoms. The van der Waals surface area contributed by atoms with E-state index < -0.39 is 0 Å². The number of halogens is 1. The second-order valence-electron chi connectivity index (χ2n) is 4.45. The lowest BCUT2D eigenvalue weighted by Gasteiger charge is -2.16. The van der Waals surface area contributed by atoms with Crippen LogP contribution in [0.4, 0.5) is 5.69 Å². The van der Waals surface area contributed by atoms with Gasteiger partial charge in [0.1, 0.15) is 0 Å². The van der Waals surface area contributed by atoms with E-state index in [-0.39, 0.29) is 11.9 Å². The summed E-state index contributed by atoms with van der Waals surface area (Å²) < 4.78 is 6.24. The van der Waals surface area contributed by atoms with Crippen LogP contribution in [0.5, 0.6) is 0 Å². The number of nitrogens with two attached hydrogens (primary N) is 1. The summed E-state index contributed by atoms with van der Waals surface area (Å²) >= 11 is 3.33. The van der Waals surface area contributed by atoms with Crippen LogP contribution in [0.1, 0.15) is 29.6 Å². The maximum atomic E-state index is 12.1. The first-order valence-electron chi connectivity index (χ1n) is 6.10. The average molecular weight is 313 g/mol. The van der Waals surface area contributed by atoms with Gasteiger partial charge in [0.25, 0.3) is 5.91 Å². The number of rotatable bonds is 2. The molecule has 98 valence electrons. The van der Waals surface area contributed by atoms with Crippen LogP contribution in [0.15, 0.2) is 22.7 Å². The Bertz CT molecular complexity index is 429. The minimum atomic E-state index is -0.105. The van der Waals surface area contributed by atoms with Gasteiger partial charge in [-0.05, 0) is 37.5 Å². The number of benzene rings is 1. The van der Waals surface area contributed by atoms with Gasteiger partial charge in [0.15, 0.2) is 0 Å². The van der Waals surface area contributed by atoms with E-state index in [9.17, 15) is 4.79 Å². The van der Waals surface area contributed by atoms with Crippen LogP contribution >= 0.6 is 15.9 Å². The highest BCUT2D eigenvalue weighted by Crippen LogP contribution is 2.19. The van der Waals surface area contributed by atoms with Gasteiger partial charge in [-0.1, -0.05) is 15.9 Å². The largest absolute Gasteiger partial charge is 0.398 e. The zero-order valence-corrected chi connectivity index (χ0v) is 11.7. The van der Waals surface area contributed by atoms with E-state index in [1.165, 1.54) is 0 Å². The number of nitrogens with one attached hydrogen (secondary N) is 1. The predicted molar refractivity (Wildman–Crippen MR) is 74.5 cm³/mol. The predicted octanol–water partition coefficient (Wildman–Crippen LogP) is 2.33. The topological polar surface area (TPSA) is 64.4 Å². The molecular weight excluding hydrogens is 296 g/mol. The molecule has 1 fully saturated rings. The second-order valence-corrected chi connectivity index (χ2v) is 5.36. The Labute approximate surface area is 115 Å². The normalized spacial score (nSPS) is 20.2. The number of amides is 1. The first-order chi connectivity index (χ1) is 8.66. The van der Waals surface area contributed by atoms with Gasteiger partial charge in [-0.25, -0.2) is 0 Å². The van der Waals surface area contributed by atoms with Crippen LogP contribution in [0, 0.1) is 0 Å². The van der Waals surface area contributed by atoms with Crippen molar-refractivity contribution in [2.75, 3.05) is 18.9 Å². The van der Waals surface area contributed by atoms with Crippen molar-refractivity contribution in [2.45, 2.75) is 25.3 Å². The fourth-order valence-electron chi connectivity index (χ4n) is 2.05. The number of anilines is 1. The Morgan fingerprint density at radius 1 is 1.39 bits per heavy atom. The van der Waals surface area contributed by atoms with Crippen LogP contribution < -0.4 is 11.1 Å². The van der Waals surface area contributed by atoms with Crippen molar-refractivity contribution >= 4 is 27.5 Å². The van der Waals surface area contributed by atoms with Crippen molar-refractivity contribution in [1.29, 1.82) is 0 Å². The van der Waals surface area contributed by atoms with Crippen molar-refractivity contribution in [1.82, 2.24) is 5.32 Å². The average Bonchev–Trinajstić information content (AvgIpc) is 2.57. The molecule has 2 rings (SSSR count). The van der Waals surface area contributed by atoms with Crippen LogP contribution in [0.3, 0.4) is 0 Å². The molecule has 0 aromatic heterocycles. The Morgan fingerprint density at radius 2 is 2.22 bits per heavy atom. The molecule has 0 bridgehead atoms. The molecule has 1 heterocycles. The molecule has 1 aliphatic heterocycles. The second kappa shape index (κ2) is 6.20. The molecule has 1 saturated heterocycles. The van der Waals surface area contributed by atoms with E-state index in [0.29, 0.717) is 17.9 Å². The SMILES string of the molecule is Nc1cc(Br)ccc1C(=O)NC1CCCOCC1. The quantitative estimate of drug-likeness (QED) is 0.824. The van der Waals surface area contributed by atoms with Gasteiger partial charge >= 0.3 is 0 Å². The number of carbonyl (C=O) groups excluding carboxylic acids is 1. The molecular formula is C13H17BrN2O2. The van der Waals surface area contributed by atoms with E-state index >= 15 is 0 Å². The third-order valence-corrected chi connectivity index (χ3v) is 3.54. The smallest absolute Gasteiger partial charge is 0.253 e. The number of carbonyl (C=O) groups is 1. The van der Waals surface area contributed by atoms with Crippen molar-refractivity contribution in [3.8, 4) is 0 Å². The van der Waals surface area contributed by atoms with Gasteiger partial charge in [0, 0.05) is 29.4 Å². The van der Waals surface area contributed by atoms with Crippen LogP contribution in [-0.4, -0.2) is 25.2 Å². The highest BCUT2D eigenvalue weighted by atomic mass is 79.9. The first-order valence-corrected chi connectivity index (χ1v) is 6.90. The van der Waals surface area contributed by atoms with Gasteiger partial charge in [-0.3, -0.25) is 4.79 Å². The molecule has 1 aromatic rings. The van der Waals surface area contributed by atoms with Gasteiger partial charge in [0.05, 0.1) is 5.56 Å². The van der Waals surface area contributed by atoms with E-state index in [1.807, 2.05) is 6.07 Å². The van der Waals surface area contributed by atoms with Gasteiger partial charge < -0.3 is 15.8 Å². The molecule has 0 aliphatic carbocycles. The van der Waals surface area contributed by atoms with Crippen molar-refractivity contribution < 1.29 is 9.53 Å². The van der Waals surface area contributed by atoms with E-state index in [2.05, 4.69) is 21.2 Å². The summed E-state index contributed by atoms with van der Waals surface area (Å²) in [6.45, 7) is 1.49. The Balaban J connectivity index is 2.02. The summed E-state index contributed by atoms with van der Waals surface area (Å²) in [6, 6.07) is 5.48. The van der Waals surface area contributed by atoms with Crippen LogP contribution in [-0.2, 0) is 4.74 Å². The molecule has 1 aliphatic rings. The molecule has 5 heteroatoms. The van der Waals surface area contributed by atoms with Gasteiger partial charge in [-0.15, -0.1) is 0 Å². The van der Waals surface area contributed by atoms with E-state index in [0.717, 1.165) is 30.3 Å². The van der Waals surface area contributed by atoms with E-state index in [4.69, 9.17) is 10.5 Å². The molecule has 1 unspecified atom stereocenters. The standard InChI is InChI=1S/C13H17BrN2O2/c14-9-3-4-11(12(15)8-9)13(17)16-10-2-1-6-18-7-5-10/h3-4,8,10H,1-2,5-7,15H2,(H,16,17). The summed E-state index contributed by atoms with van der Waals surface area (Å²) in [4.78, 5) is 12.1. The summed E-state index contributed by atoms with van der Waals surface area (Å²) in [5.74, 6) is -0.105.